The van der Waals surface area contributed by atoms with Crippen LogP contribution in [0.4, 0.5) is 0 Å². The van der Waals surface area contributed by atoms with E-state index in [4.69, 9.17) is 16.3 Å². The van der Waals surface area contributed by atoms with Gasteiger partial charge in [-0.2, -0.15) is 0 Å². The number of ketones is 1. The smallest absolute Gasteiger partial charge is 0.193 e. The highest BCUT2D eigenvalue weighted by Crippen LogP contribution is 2.38. The summed E-state index contributed by atoms with van der Waals surface area (Å²) in [5.74, 6) is 0.570. The van der Waals surface area contributed by atoms with Crippen LogP contribution in [0.1, 0.15) is 45.8 Å². The number of carbonyl (C=O) groups is 1. The highest BCUT2D eigenvalue weighted by Gasteiger charge is 2.28. The van der Waals surface area contributed by atoms with Gasteiger partial charge >= 0.3 is 0 Å². The lowest BCUT2D eigenvalue weighted by molar-refractivity contribution is 0.104. The third kappa shape index (κ3) is 3.47. The van der Waals surface area contributed by atoms with Crippen LogP contribution in [0.3, 0.4) is 0 Å². The number of fused-ring (bicyclic) bond motifs is 1. The highest BCUT2D eigenvalue weighted by molar-refractivity contribution is 6.32. The molecule has 1 fully saturated rings. The zero-order valence-electron chi connectivity index (χ0n) is 15.2. The first-order chi connectivity index (χ1) is 13.0. The Bertz CT molecular complexity index is 914. The summed E-state index contributed by atoms with van der Waals surface area (Å²) in [6.45, 7) is 2.30. The van der Waals surface area contributed by atoms with E-state index < -0.39 is 0 Å². The van der Waals surface area contributed by atoms with Crippen LogP contribution in [0.25, 0.3) is 5.76 Å². The zero-order valence-corrected chi connectivity index (χ0v) is 16.0. The zero-order chi connectivity index (χ0) is 19.0. The van der Waals surface area contributed by atoms with Gasteiger partial charge in [-0.05, 0) is 62.7 Å². The number of benzene rings is 2. The van der Waals surface area contributed by atoms with Gasteiger partial charge in [-0.1, -0.05) is 29.8 Å². The van der Waals surface area contributed by atoms with Crippen molar-refractivity contribution < 1.29 is 14.6 Å². The van der Waals surface area contributed by atoms with E-state index >= 15 is 0 Å². The summed E-state index contributed by atoms with van der Waals surface area (Å²) >= 11 is 6.28. The molecule has 0 bridgehead atoms. The van der Waals surface area contributed by atoms with Crippen molar-refractivity contribution in [2.75, 3.05) is 20.1 Å². The van der Waals surface area contributed by atoms with Crippen molar-refractivity contribution in [2.24, 2.45) is 0 Å². The van der Waals surface area contributed by atoms with Gasteiger partial charge < -0.3 is 14.7 Å². The molecular formula is C22H22ClNO3. The fourth-order valence-corrected chi connectivity index (χ4v) is 4.21. The predicted octanol–water partition coefficient (Wildman–Crippen LogP) is 4.61. The van der Waals surface area contributed by atoms with E-state index in [1.807, 2.05) is 24.3 Å². The highest BCUT2D eigenvalue weighted by atomic mass is 35.5. The van der Waals surface area contributed by atoms with Crippen molar-refractivity contribution in [3.63, 3.8) is 0 Å². The molecule has 5 heteroatoms. The van der Waals surface area contributed by atoms with Gasteiger partial charge in [0, 0.05) is 17.2 Å². The van der Waals surface area contributed by atoms with Crippen molar-refractivity contribution in [1.29, 1.82) is 0 Å². The molecule has 1 N–H and O–H groups in total. The molecule has 0 saturated carbocycles. The van der Waals surface area contributed by atoms with Crippen LogP contribution >= 0.6 is 11.6 Å². The first kappa shape index (κ1) is 18.1. The lowest BCUT2D eigenvalue weighted by atomic mass is 9.84. The summed E-state index contributed by atoms with van der Waals surface area (Å²) in [6, 6.07) is 10.9. The number of halogens is 1. The molecule has 1 saturated heterocycles. The molecule has 2 aromatic carbocycles. The Hall–Kier alpha value is -2.30. The van der Waals surface area contributed by atoms with Gasteiger partial charge in [0.25, 0.3) is 0 Å². The molecule has 2 aliphatic heterocycles. The van der Waals surface area contributed by atoms with Crippen molar-refractivity contribution in [1.82, 2.24) is 4.90 Å². The fourth-order valence-electron chi connectivity index (χ4n) is 3.98. The number of rotatable bonds is 2. The van der Waals surface area contributed by atoms with Crippen LogP contribution in [-0.2, 0) is 11.3 Å². The molecule has 0 radical (unpaired) electrons. The number of hydrogen-bond donors (Lipinski definition) is 1. The summed E-state index contributed by atoms with van der Waals surface area (Å²) in [5, 5.41) is 10.9. The second-order valence-electron chi connectivity index (χ2n) is 7.25. The Labute approximate surface area is 164 Å². The van der Waals surface area contributed by atoms with Gasteiger partial charge in [-0.25, -0.2) is 0 Å². The van der Waals surface area contributed by atoms with Crippen LogP contribution in [0.2, 0.25) is 5.02 Å². The maximum absolute atomic E-state index is 12.9. The molecule has 2 aromatic rings. The largest absolute Gasteiger partial charge is 0.507 e. The first-order valence-electron chi connectivity index (χ1n) is 9.21. The molecule has 27 heavy (non-hydrogen) atoms. The second kappa shape index (κ2) is 7.37. The maximum atomic E-state index is 12.9. The van der Waals surface area contributed by atoms with Gasteiger partial charge in [0.05, 0.1) is 10.6 Å². The lowest BCUT2D eigenvalue weighted by Crippen LogP contribution is -2.29. The number of phenols is 1. The minimum absolute atomic E-state index is 0.00642. The minimum atomic E-state index is -0.246. The monoisotopic (exact) mass is 383 g/mol. The third-order valence-electron chi connectivity index (χ3n) is 5.51. The fraction of sp³-hybridized carbons (Fsp3) is 0.318. The van der Waals surface area contributed by atoms with Crippen molar-refractivity contribution in [3.05, 3.63) is 69.8 Å². The summed E-state index contributed by atoms with van der Waals surface area (Å²) < 4.78 is 6.01. The maximum Gasteiger partial charge on any atom is 0.193 e. The summed E-state index contributed by atoms with van der Waals surface area (Å²) in [5.41, 5.74) is 2.94. The number of nitrogens with zero attached hydrogens (tertiary/aromatic N) is 1. The standard InChI is InChI=1S/C22H22ClNO3/c1-24-10-8-14(9-11-24)15-6-7-19(25)22-17(15)13-27-21(12-20(22)26)16-4-2-3-5-18(16)23/h2-7,12,14,25H,8-11,13H2,1H3. The average molecular weight is 384 g/mol. The molecule has 140 valence electrons. The molecule has 0 amide bonds. The Balaban J connectivity index is 1.73. The third-order valence-corrected chi connectivity index (χ3v) is 5.84. The SMILES string of the molecule is CN1CCC(c2ccc(O)c3c2COC(c2ccccc2Cl)=CC3=O)CC1. The summed E-state index contributed by atoms with van der Waals surface area (Å²) in [6.07, 6.45) is 3.50. The number of ether oxygens (including phenoxy) is 1. The molecule has 0 aliphatic carbocycles. The first-order valence-corrected chi connectivity index (χ1v) is 9.59. The van der Waals surface area contributed by atoms with E-state index in [1.165, 1.54) is 6.08 Å². The van der Waals surface area contributed by atoms with Crippen LogP contribution in [0.5, 0.6) is 5.75 Å². The van der Waals surface area contributed by atoms with Gasteiger partial charge in [-0.15, -0.1) is 0 Å². The molecule has 0 unspecified atom stereocenters. The topological polar surface area (TPSA) is 49.8 Å². The van der Waals surface area contributed by atoms with E-state index in [1.54, 1.807) is 12.1 Å². The minimum Gasteiger partial charge on any atom is -0.507 e. The van der Waals surface area contributed by atoms with Crippen molar-refractivity contribution >= 4 is 23.1 Å². The molecule has 2 aliphatic rings. The lowest BCUT2D eigenvalue weighted by Gasteiger charge is -2.30. The number of aromatic hydroxyl groups is 1. The van der Waals surface area contributed by atoms with Crippen LogP contribution in [-0.4, -0.2) is 35.9 Å². The van der Waals surface area contributed by atoms with Crippen LogP contribution in [0.15, 0.2) is 42.5 Å². The van der Waals surface area contributed by atoms with Gasteiger partial charge in [0.2, 0.25) is 0 Å². The molecule has 4 rings (SSSR count). The van der Waals surface area contributed by atoms with Gasteiger partial charge in [-0.3, -0.25) is 4.79 Å². The number of likely N-dealkylation sites (tertiary alicyclic amines) is 1. The van der Waals surface area contributed by atoms with E-state index in [0.29, 0.717) is 27.8 Å². The van der Waals surface area contributed by atoms with Gasteiger partial charge in [0.1, 0.15) is 18.1 Å². The number of piperidine rings is 1. The summed E-state index contributed by atoms with van der Waals surface area (Å²) in [7, 11) is 2.12. The van der Waals surface area contributed by atoms with Gasteiger partial charge in [0.15, 0.2) is 5.78 Å². The Morgan fingerprint density at radius 3 is 2.63 bits per heavy atom. The second-order valence-corrected chi connectivity index (χ2v) is 7.65. The van der Waals surface area contributed by atoms with Crippen LogP contribution < -0.4 is 0 Å². The van der Waals surface area contributed by atoms with E-state index in [2.05, 4.69) is 11.9 Å². The molecular weight excluding hydrogens is 362 g/mol. The Morgan fingerprint density at radius 1 is 1.15 bits per heavy atom. The number of allylic oxidation sites excluding steroid dienone is 1. The van der Waals surface area contributed by atoms with E-state index in [9.17, 15) is 9.90 Å². The van der Waals surface area contributed by atoms with Crippen LogP contribution in [0, 0.1) is 0 Å². The number of hydrogen-bond acceptors (Lipinski definition) is 4. The molecule has 0 atom stereocenters. The van der Waals surface area contributed by atoms with Crippen molar-refractivity contribution in [3.8, 4) is 5.75 Å². The number of carbonyl (C=O) groups excluding carboxylic acids is 1. The summed E-state index contributed by atoms with van der Waals surface area (Å²) in [4.78, 5) is 15.3. The molecule has 4 nitrogen and oxygen atoms in total. The Kier molecular flexibility index (Phi) is 4.94. The molecule has 2 heterocycles. The van der Waals surface area contributed by atoms with Crippen molar-refractivity contribution in [2.45, 2.75) is 25.4 Å². The number of phenolic OH excluding ortho intramolecular Hbond substituents is 1. The molecule has 0 spiro atoms. The average Bonchev–Trinajstić information content (AvgIpc) is 2.83. The molecule has 0 aromatic heterocycles. The quantitative estimate of drug-likeness (QED) is 0.822. The van der Waals surface area contributed by atoms with E-state index in [-0.39, 0.29) is 18.1 Å². The predicted molar refractivity (Wildman–Crippen MR) is 106 cm³/mol. The van der Waals surface area contributed by atoms with E-state index in [0.717, 1.165) is 37.1 Å². The Morgan fingerprint density at radius 2 is 1.89 bits per heavy atom. The normalized spacial score (nSPS) is 18.4.